The van der Waals surface area contributed by atoms with Gasteiger partial charge in [-0.05, 0) is 30.4 Å². The molecule has 2 amide bonds. The van der Waals surface area contributed by atoms with Crippen molar-refractivity contribution in [3.8, 4) is 0 Å². The topological polar surface area (TPSA) is 84.2 Å². The van der Waals surface area contributed by atoms with Gasteiger partial charge in [0.1, 0.15) is 0 Å². The summed E-state index contributed by atoms with van der Waals surface area (Å²) in [5.41, 5.74) is 6.52. The first-order chi connectivity index (χ1) is 10.0. The summed E-state index contributed by atoms with van der Waals surface area (Å²) in [4.78, 5) is 24.3. The molecule has 1 aliphatic rings. The lowest BCUT2D eigenvalue weighted by Gasteiger charge is -2.12. The molecule has 6 heteroatoms. The predicted molar refractivity (Wildman–Crippen MR) is 90.2 cm³/mol. The van der Waals surface area contributed by atoms with Gasteiger partial charge in [-0.2, -0.15) is 0 Å². The molecule has 0 bridgehead atoms. The van der Waals surface area contributed by atoms with Crippen LogP contribution < -0.4 is 16.4 Å². The molecule has 1 aromatic carbocycles. The lowest BCUT2D eigenvalue weighted by atomic mass is 10.0. The number of halogens is 1. The number of para-hydroxylation sites is 1. The molecular weight excluding hydrogens is 302 g/mol. The number of anilines is 1. The molecule has 1 aliphatic carbocycles. The van der Waals surface area contributed by atoms with Gasteiger partial charge in [0.25, 0.3) is 5.91 Å². The standard InChI is InChI=1S/C16H23N3O2.ClH/c1-3-16(2)10-12(16)15(21)19-13-7-5-4-6-11(13)14(20)18-9-8-17;/h4-7,12H,3,8-10,17H2,1-2H3,(H,18,20)(H,19,21);1H. The fourth-order valence-corrected chi connectivity index (χ4v) is 2.50. The number of benzene rings is 1. The normalized spacial score (nSPS) is 22.4. The highest BCUT2D eigenvalue weighted by molar-refractivity contribution is 6.04. The fourth-order valence-electron chi connectivity index (χ4n) is 2.50. The first-order valence-electron chi connectivity index (χ1n) is 7.40. The molecule has 122 valence electrons. The van der Waals surface area contributed by atoms with Gasteiger partial charge >= 0.3 is 0 Å². The minimum atomic E-state index is -0.217. The smallest absolute Gasteiger partial charge is 0.253 e. The van der Waals surface area contributed by atoms with Gasteiger partial charge in [-0.1, -0.05) is 26.0 Å². The van der Waals surface area contributed by atoms with Gasteiger partial charge in [0, 0.05) is 19.0 Å². The quantitative estimate of drug-likeness (QED) is 0.749. The van der Waals surface area contributed by atoms with E-state index in [1.54, 1.807) is 24.3 Å². The lowest BCUT2D eigenvalue weighted by Crippen LogP contribution is -2.30. The summed E-state index contributed by atoms with van der Waals surface area (Å²) < 4.78 is 0. The molecule has 1 fully saturated rings. The maximum Gasteiger partial charge on any atom is 0.253 e. The van der Waals surface area contributed by atoms with E-state index in [-0.39, 0.29) is 35.6 Å². The van der Waals surface area contributed by atoms with Crippen molar-refractivity contribution in [3.63, 3.8) is 0 Å². The third-order valence-electron chi connectivity index (χ3n) is 4.34. The van der Waals surface area contributed by atoms with Crippen LogP contribution in [-0.2, 0) is 4.79 Å². The average Bonchev–Trinajstić information content (AvgIpc) is 3.18. The van der Waals surface area contributed by atoms with Crippen LogP contribution >= 0.6 is 12.4 Å². The Morgan fingerprint density at radius 3 is 2.64 bits per heavy atom. The van der Waals surface area contributed by atoms with E-state index in [0.717, 1.165) is 12.8 Å². The van der Waals surface area contributed by atoms with Crippen molar-refractivity contribution in [2.45, 2.75) is 26.7 Å². The number of hydrogen-bond donors (Lipinski definition) is 3. The van der Waals surface area contributed by atoms with Crippen LogP contribution in [0.4, 0.5) is 5.69 Å². The van der Waals surface area contributed by atoms with E-state index >= 15 is 0 Å². The fraction of sp³-hybridized carbons (Fsp3) is 0.500. The highest BCUT2D eigenvalue weighted by Crippen LogP contribution is 2.55. The second-order valence-corrected chi connectivity index (χ2v) is 5.84. The van der Waals surface area contributed by atoms with E-state index in [0.29, 0.717) is 24.3 Å². The van der Waals surface area contributed by atoms with Crippen molar-refractivity contribution in [2.75, 3.05) is 18.4 Å². The molecule has 1 aromatic rings. The zero-order chi connectivity index (χ0) is 15.5. The van der Waals surface area contributed by atoms with Crippen LogP contribution in [0, 0.1) is 11.3 Å². The number of hydrogen-bond acceptors (Lipinski definition) is 3. The number of carbonyl (C=O) groups excluding carboxylic acids is 2. The third kappa shape index (κ3) is 3.99. The summed E-state index contributed by atoms with van der Waals surface area (Å²) in [6, 6.07) is 7.04. The summed E-state index contributed by atoms with van der Waals surface area (Å²) >= 11 is 0. The average molecular weight is 326 g/mol. The van der Waals surface area contributed by atoms with Crippen LogP contribution in [0.5, 0.6) is 0 Å². The summed E-state index contributed by atoms with van der Waals surface area (Å²) in [5, 5.41) is 5.61. The Bertz CT molecular complexity index is 550. The second-order valence-electron chi connectivity index (χ2n) is 5.84. The van der Waals surface area contributed by atoms with Gasteiger partial charge in [0.05, 0.1) is 11.3 Å². The van der Waals surface area contributed by atoms with Crippen molar-refractivity contribution in [1.29, 1.82) is 0 Å². The highest BCUT2D eigenvalue weighted by Gasteiger charge is 2.52. The SMILES string of the molecule is CCC1(C)CC1C(=O)Nc1ccccc1C(=O)NCCN.Cl. The maximum atomic E-state index is 12.3. The third-order valence-corrected chi connectivity index (χ3v) is 4.34. The van der Waals surface area contributed by atoms with Crippen molar-refractivity contribution in [3.05, 3.63) is 29.8 Å². The molecule has 2 atom stereocenters. The summed E-state index contributed by atoms with van der Waals surface area (Å²) in [7, 11) is 0. The van der Waals surface area contributed by atoms with Crippen molar-refractivity contribution in [1.82, 2.24) is 5.32 Å². The van der Waals surface area contributed by atoms with Gasteiger partial charge in [-0.15, -0.1) is 12.4 Å². The van der Waals surface area contributed by atoms with E-state index < -0.39 is 0 Å². The van der Waals surface area contributed by atoms with Crippen molar-refractivity contribution >= 4 is 29.9 Å². The van der Waals surface area contributed by atoms with Gasteiger partial charge in [-0.25, -0.2) is 0 Å². The highest BCUT2D eigenvalue weighted by atomic mass is 35.5. The van der Waals surface area contributed by atoms with Crippen LogP contribution in [0.15, 0.2) is 24.3 Å². The predicted octanol–water partition coefficient (Wildman–Crippen LogP) is 2.17. The molecule has 0 aliphatic heterocycles. The Morgan fingerprint density at radius 1 is 1.36 bits per heavy atom. The van der Waals surface area contributed by atoms with Crippen LogP contribution in [0.3, 0.4) is 0 Å². The van der Waals surface area contributed by atoms with Crippen molar-refractivity contribution < 1.29 is 9.59 Å². The Hall–Kier alpha value is -1.59. The lowest BCUT2D eigenvalue weighted by molar-refractivity contribution is -0.118. The molecule has 22 heavy (non-hydrogen) atoms. The van der Waals surface area contributed by atoms with Crippen LogP contribution in [-0.4, -0.2) is 24.9 Å². The Labute approximate surface area is 137 Å². The largest absolute Gasteiger partial charge is 0.351 e. The molecule has 0 aromatic heterocycles. The van der Waals surface area contributed by atoms with E-state index in [2.05, 4.69) is 24.5 Å². The molecule has 5 nitrogen and oxygen atoms in total. The van der Waals surface area contributed by atoms with E-state index in [1.165, 1.54) is 0 Å². The number of amides is 2. The molecule has 0 heterocycles. The molecule has 2 unspecified atom stereocenters. The minimum absolute atomic E-state index is 0. The number of nitrogens with one attached hydrogen (secondary N) is 2. The van der Waals surface area contributed by atoms with Gasteiger partial charge in [-0.3, -0.25) is 9.59 Å². The zero-order valence-corrected chi connectivity index (χ0v) is 13.8. The molecule has 4 N–H and O–H groups in total. The van der Waals surface area contributed by atoms with Crippen LogP contribution in [0.25, 0.3) is 0 Å². The number of carbonyl (C=O) groups is 2. The Morgan fingerprint density at radius 2 is 2.05 bits per heavy atom. The first kappa shape index (κ1) is 18.5. The molecule has 1 saturated carbocycles. The molecular formula is C16H24ClN3O2. The zero-order valence-electron chi connectivity index (χ0n) is 13.0. The van der Waals surface area contributed by atoms with Crippen molar-refractivity contribution in [2.24, 2.45) is 17.1 Å². The minimum Gasteiger partial charge on any atom is -0.351 e. The maximum absolute atomic E-state index is 12.3. The Kier molecular flexibility index (Phi) is 6.38. The van der Waals surface area contributed by atoms with Crippen LogP contribution in [0.2, 0.25) is 0 Å². The van der Waals surface area contributed by atoms with Gasteiger partial charge in [0.2, 0.25) is 5.91 Å². The molecule has 2 rings (SSSR count). The summed E-state index contributed by atoms with van der Waals surface area (Å²) in [5.74, 6) is -0.175. The number of nitrogens with two attached hydrogens (primary N) is 1. The number of rotatable bonds is 6. The summed E-state index contributed by atoms with van der Waals surface area (Å²) in [6.07, 6.45) is 1.90. The van der Waals surface area contributed by atoms with Gasteiger partial charge in [0.15, 0.2) is 0 Å². The molecule has 0 radical (unpaired) electrons. The van der Waals surface area contributed by atoms with Crippen LogP contribution in [0.1, 0.15) is 37.0 Å². The monoisotopic (exact) mass is 325 g/mol. The Balaban J connectivity index is 0.00000242. The van der Waals surface area contributed by atoms with Gasteiger partial charge < -0.3 is 16.4 Å². The molecule has 0 saturated heterocycles. The second kappa shape index (κ2) is 7.61. The van der Waals surface area contributed by atoms with E-state index in [4.69, 9.17) is 5.73 Å². The molecule has 0 spiro atoms. The summed E-state index contributed by atoms with van der Waals surface area (Å²) in [6.45, 7) is 5.02. The van der Waals surface area contributed by atoms with E-state index in [9.17, 15) is 9.59 Å². The van der Waals surface area contributed by atoms with E-state index in [1.807, 2.05) is 0 Å². The first-order valence-corrected chi connectivity index (χ1v) is 7.40.